The fourth-order valence-electron chi connectivity index (χ4n) is 3.21. The number of alkyl halides is 3. The van der Waals surface area contributed by atoms with E-state index < -0.39 is 11.9 Å². The number of nitrogens with one attached hydrogen (secondary N) is 2. The predicted octanol–water partition coefficient (Wildman–Crippen LogP) is 1.45. The van der Waals surface area contributed by atoms with Crippen molar-refractivity contribution in [2.24, 2.45) is 0 Å². The summed E-state index contributed by atoms with van der Waals surface area (Å²) in [7, 11) is 2.01. The van der Waals surface area contributed by atoms with Crippen molar-refractivity contribution >= 4 is 23.6 Å². The Morgan fingerprint density at radius 1 is 1.30 bits per heavy atom. The Bertz CT molecular complexity index is 823. The van der Waals surface area contributed by atoms with Crippen molar-refractivity contribution in [2.45, 2.75) is 25.6 Å². The third kappa shape index (κ3) is 5.07. The van der Waals surface area contributed by atoms with Crippen LogP contribution in [0.3, 0.4) is 0 Å². The summed E-state index contributed by atoms with van der Waals surface area (Å²) in [6.45, 7) is 5.27. The third-order valence-corrected chi connectivity index (χ3v) is 5.42. The molecule has 3 rings (SSSR count). The van der Waals surface area contributed by atoms with Gasteiger partial charge < -0.3 is 25.4 Å². The second-order valence-corrected chi connectivity index (χ2v) is 7.57. The van der Waals surface area contributed by atoms with E-state index in [1.165, 1.54) is 6.20 Å². The molecule has 1 atom stereocenters. The lowest BCUT2D eigenvalue weighted by Crippen LogP contribution is -2.53. The highest BCUT2D eigenvalue weighted by Gasteiger charge is 2.35. The first-order valence-corrected chi connectivity index (χ1v) is 9.82. The third-order valence-electron chi connectivity index (χ3n) is 5.42. The van der Waals surface area contributed by atoms with Gasteiger partial charge in [0.15, 0.2) is 5.69 Å². The average molecular weight is 425 g/mol. The molecule has 0 aromatic carbocycles. The van der Waals surface area contributed by atoms with Gasteiger partial charge in [-0.15, -0.1) is 0 Å². The molecular formula is C19H26F3N7O. The lowest BCUT2D eigenvalue weighted by atomic mass is 10.1. The zero-order chi connectivity index (χ0) is 21.9. The highest BCUT2D eigenvalue weighted by molar-refractivity contribution is 6.07. The molecule has 2 N–H and O–H groups in total. The number of piperazine rings is 1. The molecule has 1 amide bonds. The number of carbonyl (C=O) groups excluding carboxylic acids is 1. The van der Waals surface area contributed by atoms with Crippen molar-refractivity contribution < 1.29 is 18.0 Å². The summed E-state index contributed by atoms with van der Waals surface area (Å²) in [6.07, 6.45) is -1.48. The maximum absolute atomic E-state index is 13.3. The fourth-order valence-corrected chi connectivity index (χ4v) is 3.21. The Balaban J connectivity index is 1.72. The zero-order valence-corrected chi connectivity index (χ0v) is 17.0. The van der Waals surface area contributed by atoms with Crippen LogP contribution in [0.5, 0.6) is 0 Å². The standard InChI is InChI=1S/C19H26F3N7O/c1-13-12-29(7-6-27(13)2)17(30)11-24-10-14(9-23)15-8-16(19(20,21)22)26-18(25-15)28-4-3-5-28/h8-10,13,23-24H,3-7,11-12H2,1-2H3/b14-10+,23-9?. The van der Waals surface area contributed by atoms with Crippen LogP contribution in [0.25, 0.3) is 5.57 Å². The normalized spacial score (nSPS) is 20.7. The van der Waals surface area contributed by atoms with Crippen molar-refractivity contribution in [1.82, 2.24) is 25.1 Å². The molecule has 1 aromatic rings. The molecule has 2 aliphatic heterocycles. The van der Waals surface area contributed by atoms with E-state index in [2.05, 4.69) is 20.2 Å². The van der Waals surface area contributed by atoms with Crippen LogP contribution in [0.2, 0.25) is 0 Å². The minimum Gasteiger partial charge on any atom is -0.382 e. The van der Waals surface area contributed by atoms with E-state index in [1.54, 1.807) is 9.80 Å². The number of carbonyl (C=O) groups is 1. The first-order valence-electron chi connectivity index (χ1n) is 9.82. The number of anilines is 1. The van der Waals surface area contributed by atoms with Gasteiger partial charge in [-0.1, -0.05) is 0 Å². The average Bonchev–Trinajstić information content (AvgIpc) is 2.65. The van der Waals surface area contributed by atoms with Crippen LogP contribution in [0.1, 0.15) is 24.7 Å². The van der Waals surface area contributed by atoms with Crippen LogP contribution in [0.15, 0.2) is 12.3 Å². The van der Waals surface area contributed by atoms with E-state index in [9.17, 15) is 18.0 Å². The van der Waals surface area contributed by atoms with Crippen LogP contribution in [0.4, 0.5) is 19.1 Å². The Labute approximate surface area is 173 Å². The number of rotatable bonds is 6. The number of amides is 1. The number of aromatic nitrogens is 2. The smallest absolute Gasteiger partial charge is 0.382 e. The SMILES string of the molecule is CC1CN(C(=O)CN/C=C(\C=N)c2cc(C(F)(F)F)nc(N3CCC3)n2)CCN1C. The maximum Gasteiger partial charge on any atom is 0.433 e. The molecule has 0 saturated carbocycles. The van der Waals surface area contributed by atoms with E-state index >= 15 is 0 Å². The summed E-state index contributed by atoms with van der Waals surface area (Å²) >= 11 is 0. The topological polar surface area (TPSA) is 88.5 Å². The first kappa shape index (κ1) is 22.0. The van der Waals surface area contributed by atoms with E-state index in [0.717, 1.165) is 25.2 Å². The number of nitrogens with zero attached hydrogens (tertiary/aromatic N) is 5. The molecule has 0 bridgehead atoms. The monoisotopic (exact) mass is 425 g/mol. The van der Waals surface area contributed by atoms with Crippen LogP contribution < -0.4 is 10.2 Å². The molecule has 3 heterocycles. The number of hydrogen-bond donors (Lipinski definition) is 2. The van der Waals surface area contributed by atoms with Gasteiger partial charge >= 0.3 is 6.18 Å². The molecule has 0 radical (unpaired) electrons. The molecule has 2 fully saturated rings. The molecule has 0 aliphatic carbocycles. The van der Waals surface area contributed by atoms with Crippen molar-refractivity contribution in [2.75, 3.05) is 51.2 Å². The molecule has 30 heavy (non-hydrogen) atoms. The molecule has 2 saturated heterocycles. The molecule has 11 heteroatoms. The van der Waals surface area contributed by atoms with Gasteiger partial charge in [-0.3, -0.25) is 4.79 Å². The summed E-state index contributed by atoms with van der Waals surface area (Å²) in [5.74, 6) is -0.100. The number of allylic oxidation sites excluding steroid dienone is 1. The van der Waals surface area contributed by atoms with Gasteiger partial charge in [-0.25, -0.2) is 9.97 Å². The van der Waals surface area contributed by atoms with E-state index in [1.807, 2.05) is 14.0 Å². The van der Waals surface area contributed by atoms with Gasteiger partial charge in [-0.2, -0.15) is 13.2 Å². The Morgan fingerprint density at radius 2 is 2.03 bits per heavy atom. The first-order chi connectivity index (χ1) is 14.2. The van der Waals surface area contributed by atoms with Gasteiger partial charge in [-0.05, 0) is 26.5 Å². The fraction of sp³-hybridized carbons (Fsp3) is 0.579. The van der Waals surface area contributed by atoms with Crippen LogP contribution in [-0.2, 0) is 11.0 Å². The second-order valence-electron chi connectivity index (χ2n) is 7.57. The molecule has 164 valence electrons. The minimum absolute atomic E-state index is 0.00123. The lowest BCUT2D eigenvalue weighted by Gasteiger charge is -2.37. The van der Waals surface area contributed by atoms with Gasteiger partial charge in [0, 0.05) is 56.8 Å². The summed E-state index contributed by atoms with van der Waals surface area (Å²) < 4.78 is 39.8. The zero-order valence-electron chi connectivity index (χ0n) is 17.0. The van der Waals surface area contributed by atoms with Crippen molar-refractivity contribution in [1.29, 1.82) is 5.41 Å². The molecule has 8 nitrogen and oxygen atoms in total. The lowest BCUT2D eigenvalue weighted by molar-refractivity contribution is -0.141. The van der Waals surface area contributed by atoms with E-state index in [4.69, 9.17) is 5.41 Å². The van der Waals surface area contributed by atoms with E-state index in [0.29, 0.717) is 26.2 Å². The van der Waals surface area contributed by atoms with Crippen molar-refractivity contribution in [3.8, 4) is 0 Å². The molecule has 1 unspecified atom stereocenters. The van der Waals surface area contributed by atoms with Crippen LogP contribution in [0, 0.1) is 5.41 Å². The van der Waals surface area contributed by atoms with Crippen molar-refractivity contribution in [3.05, 3.63) is 23.7 Å². The number of hydrogen-bond acceptors (Lipinski definition) is 7. The minimum atomic E-state index is -4.62. The van der Waals surface area contributed by atoms with Gasteiger partial charge in [0.1, 0.15) is 0 Å². The van der Waals surface area contributed by atoms with Gasteiger partial charge in [0.2, 0.25) is 11.9 Å². The summed E-state index contributed by atoms with van der Waals surface area (Å²) in [4.78, 5) is 25.8. The number of likely N-dealkylation sites (N-methyl/N-ethyl adjacent to an activating group) is 1. The quantitative estimate of drug-likeness (QED) is 0.671. The summed E-state index contributed by atoms with van der Waals surface area (Å²) in [5, 5.41) is 10.4. The Kier molecular flexibility index (Phi) is 6.59. The van der Waals surface area contributed by atoms with Crippen LogP contribution >= 0.6 is 0 Å². The predicted molar refractivity (Wildman–Crippen MR) is 107 cm³/mol. The number of halogens is 3. The largest absolute Gasteiger partial charge is 0.433 e. The van der Waals surface area contributed by atoms with E-state index in [-0.39, 0.29) is 35.7 Å². The van der Waals surface area contributed by atoms with Gasteiger partial charge in [0.05, 0.1) is 12.2 Å². The molecule has 2 aliphatic rings. The molecular weight excluding hydrogens is 399 g/mol. The highest BCUT2D eigenvalue weighted by Crippen LogP contribution is 2.31. The Morgan fingerprint density at radius 3 is 2.60 bits per heavy atom. The van der Waals surface area contributed by atoms with Crippen molar-refractivity contribution in [3.63, 3.8) is 0 Å². The second kappa shape index (κ2) is 8.99. The maximum atomic E-state index is 13.3. The van der Waals surface area contributed by atoms with Gasteiger partial charge in [0.25, 0.3) is 0 Å². The highest BCUT2D eigenvalue weighted by atomic mass is 19.4. The van der Waals surface area contributed by atoms with Crippen LogP contribution in [-0.4, -0.2) is 84.2 Å². The summed E-state index contributed by atoms with van der Waals surface area (Å²) in [5.41, 5.74) is -0.920. The Hall–Kier alpha value is -2.69. The molecule has 1 aromatic heterocycles. The molecule has 0 spiro atoms. The summed E-state index contributed by atoms with van der Waals surface area (Å²) in [6, 6.07) is 1.09.